The van der Waals surface area contributed by atoms with Crippen LogP contribution < -0.4 is 10.1 Å². The topological polar surface area (TPSA) is 68.8 Å². The van der Waals surface area contributed by atoms with Gasteiger partial charge in [-0.1, -0.05) is 32.6 Å². The van der Waals surface area contributed by atoms with Crippen LogP contribution in [0.4, 0.5) is 5.69 Å². The number of rotatable bonds is 9. The van der Waals surface area contributed by atoms with Gasteiger partial charge in [0.25, 0.3) is 0 Å². The second-order valence-corrected chi connectivity index (χ2v) is 4.71. The summed E-state index contributed by atoms with van der Waals surface area (Å²) in [5.74, 6) is 0.834. The van der Waals surface area contributed by atoms with Crippen LogP contribution in [0.25, 0.3) is 0 Å². The number of nitriles is 2. The Morgan fingerprint density at radius 1 is 1.10 bits per heavy atom. The second kappa shape index (κ2) is 10.3. The van der Waals surface area contributed by atoms with Gasteiger partial charge in [-0.15, -0.1) is 0 Å². The third-order valence-corrected chi connectivity index (χ3v) is 3.00. The van der Waals surface area contributed by atoms with E-state index in [0.29, 0.717) is 0 Å². The predicted octanol–water partition coefficient (Wildman–Crippen LogP) is 4.38. The van der Waals surface area contributed by atoms with Gasteiger partial charge in [0.05, 0.1) is 6.61 Å². The first kappa shape index (κ1) is 16.6. The molecule has 1 aromatic carbocycles. The molecule has 1 aromatic rings. The van der Waals surface area contributed by atoms with Crippen molar-refractivity contribution in [2.75, 3.05) is 11.9 Å². The zero-order chi connectivity index (χ0) is 15.3. The summed E-state index contributed by atoms with van der Waals surface area (Å²) in [5, 5.41) is 20.1. The van der Waals surface area contributed by atoms with E-state index in [0.717, 1.165) is 24.5 Å². The number of ether oxygens (including phenoxy) is 1. The van der Waals surface area contributed by atoms with Crippen molar-refractivity contribution in [1.82, 2.24) is 0 Å². The van der Waals surface area contributed by atoms with E-state index < -0.39 is 0 Å². The van der Waals surface area contributed by atoms with Gasteiger partial charge in [0.1, 0.15) is 23.5 Å². The van der Waals surface area contributed by atoms with E-state index in [1.807, 2.05) is 24.3 Å². The van der Waals surface area contributed by atoms with Crippen LogP contribution in [-0.2, 0) is 0 Å². The first-order chi connectivity index (χ1) is 10.3. The van der Waals surface area contributed by atoms with Crippen LogP contribution >= 0.6 is 0 Å². The minimum Gasteiger partial charge on any atom is -0.494 e. The minimum atomic E-state index is 0.0439. The summed E-state index contributed by atoms with van der Waals surface area (Å²) in [6.07, 6.45) is 7.50. The molecule has 0 radical (unpaired) electrons. The lowest BCUT2D eigenvalue weighted by atomic mass is 10.2. The van der Waals surface area contributed by atoms with Crippen LogP contribution in [0.2, 0.25) is 0 Å². The summed E-state index contributed by atoms with van der Waals surface area (Å²) in [5.41, 5.74) is 0.857. The molecule has 0 saturated carbocycles. The zero-order valence-corrected chi connectivity index (χ0v) is 12.4. The quantitative estimate of drug-likeness (QED) is 0.539. The monoisotopic (exact) mass is 283 g/mol. The van der Waals surface area contributed by atoms with E-state index >= 15 is 0 Å². The molecule has 0 atom stereocenters. The van der Waals surface area contributed by atoms with Crippen molar-refractivity contribution >= 4 is 5.69 Å². The average molecular weight is 283 g/mol. The van der Waals surface area contributed by atoms with Gasteiger partial charge in [-0.05, 0) is 30.7 Å². The number of unbranched alkanes of at least 4 members (excludes halogenated alkanes) is 4. The van der Waals surface area contributed by atoms with Crippen LogP contribution in [0.15, 0.2) is 36.0 Å². The molecule has 0 aromatic heterocycles. The highest BCUT2D eigenvalue weighted by Crippen LogP contribution is 2.16. The molecule has 110 valence electrons. The highest BCUT2D eigenvalue weighted by atomic mass is 16.5. The maximum Gasteiger partial charge on any atom is 0.145 e. The first-order valence-corrected chi connectivity index (χ1v) is 7.30. The molecule has 0 saturated heterocycles. The largest absolute Gasteiger partial charge is 0.494 e. The third kappa shape index (κ3) is 7.03. The van der Waals surface area contributed by atoms with Crippen molar-refractivity contribution in [3.63, 3.8) is 0 Å². The third-order valence-electron chi connectivity index (χ3n) is 3.00. The molecule has 4 heteroatoms. The fraction of sp³-hybridized carbons (Fsp3) is 0.412. The molecule has 0 spiro atoms. The number of nitrogens with zero attached hydrogens (tertiary/aromatic N) is 2. The Bertz CT molecular complexity index is 504. The molecule has 1 rings (SSSR count). The smallest absolute Gasteiger partial charge is 0.145 e. The lowest BCUT2D eigenvalue weighted by Gasteiger charge is -2.07. The molecule has 0 fully saturated rings. The standard InChI is InChI=1S/C17H21N3O/c1-2-3-4-5-6-11-21-17-9-7-16(8-10-17)20-14-15(12-18)13-19/h7-10,14,20H,2-6,11H2,1H3. The number of hydrogen-bond donors (Lipinski definition) is 1. The lowest BCUT2D eigenvalue weighted by Crippen LogP contribution is -1.97. The maximum absolute atomic E-state index is 8.62. The number of nitrogens with one attached hydrogen (secondary N) is 1. The van der Waals surface area contributed by atoms with Gasteiger partial charge in [0.15, 0.2) is 0 Å². The van der Waals surface area contributed by atoms with Crippen LogP contribution in [0.3, 0.4) is 0 Å². The van der Waals surface area contributed by atoms with E-state index in [1.165, 1.54) is 31.9 Å². The summed E-state index contributed by atoms with van der Waals surface area (Å²) in [6.45, 7) is 2.95. The first-order valence-electron chi connectivity index (χ1n) is 7.30. The Labute approximate surface area is 126 Å². The summed E-state index contributed by atoms with van der Waals surface area (Å²) in [7, 11) is 0. The van der Waals surface area contributed by atoms with E-state index in [2.05, 4.69) is 12.2 Å². The van der Waals surface area contributed by atoms with Crippen LogP contribution in [0.1, 0.15) is 39.0 Å². The molecule has 21 heavy (non-hydrogen) atoms. The summed E-state index contributed by atoms with van der Waals surface area (Å²) in [4.78, 5) is 0. The van der Waals surface area contributed by atoms with Crippen LogP contribution in [0, 0.1) is 22.7 Å². The Hall–Kier alpha value is -2.46. The highest BCUT2D eigenvalue weighted by molar-refractivity contribution is 5.51. The highest BCUT2D eigenvalue weighted by Gasteiger charge is 1.96. The maximum atomic E-state index is 8.62. The zero-order valence-electron chi connectivity index (χ0n) is 12.4. The number of benzene rings is 1. The van der Waals surface area contributed by atoms with Gasteiger partial charge < -0.3 is 10.1 Å². The molecule has 0 bridgehead atoms. The molecule has 0 amide bonds. The molecule has 0 aliphatic heterocycles. The van der Waals surface area contributed by atoms with Gasteiger partial charge >= 0.3 is 0 Å². The Morgan fingerprint density at radius 3 is 2.38 bits per heavy atom. The van der Waals surface area contributed by atoms with Gasteiger partial charge in [-0.3, -0.25) is 0 Å². The van der Waals surface area contributed by atoms with Gasteiger partial charge in [0.2, 0.25) is 0 Å². The van der Waals surface area contributed by atoms with Crippen molar-refractivity contribution in [3.8, 4) is 17.9 Å². The number of allylic oxidation sites excluding steroid dienone is 1. The molecule has 0 aliphatic carbocycles. The van der Waals surface area contributed by atoms with Crippen LogP contribution in [-0.4, -0.2) is 6.61 Å². The summed E-state index contributed by atoms with van der Waals surface area (Å²) >= 11 is 0. The summed E-state index contributed by atoms with van der Waals surface area (Å²) in [6, 6.07) is 11.1. The Kier molecular flexibility index (Phi) is 8.17. The molecule has 0 unspecified atom stereocenters. The summed E-state index contributed by atoms with van der Waals surface area (Å²) < 4.78 is 5.66. The van der Waals surface area contributed by atoms with Crippen molar-refractivity contribution in [3.05, 3.63) is 36.0 Å². The number of anilines is 1. The fourth-order valence-electron chi connectivity index (χ4n) is 1.79. The van der Waals surface area contributed by atoms with E-state index in [1.54, 1.807) is 12.1 Å². The normalized spacial score (nSPS) is 9.29. The SMILES string of the molecule is CCCCCCCOc1ccc(NC=C(C#N)C#N)cc1. The minimum absolute atomic E-state index is 0.0439. The average Bonchev–Trinajstić information content (AvgIpc) is 2.53. The lowest BCUT2D eigenvalue weighted by molar-refractivity contribution is 0.304. The van der Waals surface area contributed by atoms with Crippen molar-refractivity contribution in [2.24, 2.45) is 0 Å². The van der Waals surface area contributed by atoms with Crippen LogP contribution in [0.5, 0.6) is 5.75 Å². The second-order valence-electron chi connectivity index (χ2n) is 4.71. The van der Waals surface area contributed by atoms with Crippen molar-refractivity contribution in [2.45, 2.75) is 39.0 Å². The molecule has 0 heterocycles. The van der Waals surface area contributed by atoms with Crippen molar-refractivity contribution in [1.29, 1.82) is 10.5 Å². The van der Waals surface area contributed by atoms with Gasteiger partial charge in [-0.25, -0.2) is 0 Å². The van der Waals surface area contributed by atoms with E-state index in [9.17, 15) is 0 Å². The van der Waals surface area contributed by atoms with Crippen molar-refractivity contribution < 1.29 is 4.74 Å². The number of hydrogen-bond acceptors (Lipinski definition) is 4. The fourth-order valence-corrected chi connectivity index (χ4v) is 1.79. The van der Waals surface area contributed by atoms with E-state index in [4.69, 9.17) is 15.3 Å². The molecule has 4 nitrogen and oxygen atoms in total. The predicted molar refractivity (Wildman–Crippen MR) is 83.6 cm³/mol. The van der Waals surface area contributed by atoms with Gasteiger partial charge in [0, 0.05) is 11.9 Å². The molecular weight excluding hydrogens is 262 g/mol. The van der Waals surface area contributed by atoms with Gasteiger partial charge in [-0.2, -0.15) is 10.5 Å². The Morgan fingerprint density at radius 2 is 1.76 bits per heavy atom. The molecule has 0 aliphatic rings. The molecule has 1 N–H and O–H groups in total. The Balaban J connectivity index is 2.33. The van der Waals surface area contributed by atoms with E-state index in [-0.39, 0.29) is 5.57 Å². The molecular formula is C17H21N3O.